The van der Waals surface area contributed by atoms with Crippen LogP contribution in [-0.4, -0.2) is 70.1 Å². The van der Waals surface area contributed by atoms with E-state index in [4.69, 9.17) is 9.47 Å². The van der Waals surface area contributed by atoms with E-state index in [1.165, 1.54) is 18.7 Å². The second kappa shape index (κ2) is 11.3. The number of carbonyl (C=O) groups excluding carboxylic acids is 2. The largest absolute Gasteiger partial charge is 0.443 e. The number of hydrogen-bond donors (Lipinski definition) is 1. The van der Waals surface area contributed by atoms with Crippen molar-refractivity contribution in [1.82, 2.24) is 9.88 Å². The van der Waals surface area contributed by atoms with E-state index in [0.29, 0.717) is 16.9 Å². The van der Waals surface area contributed by atoms with Crippen molar-refractivity contribution in [3.63, 3.8) is 0 Å². The maximum atomic E-state index is 13.9. The number of nitrogens with zero attached hydrogens (tertiary/aromatic N) is 3. The van der Waals surface area contributed by atoms with Crippen molar-refractivity contribution in [2.45, 2.75) is 77.5 Å². The Balaban J connectivity index is 1.83. The van der Waals surface area contributed by atoms with Crippen LogP contribution in [-0.2, 0) is 14.3 Å². The van der Waals surface area contributed by atoms with Crippen LogP contribution < -0.4 is 4.90 Å². The fourth-order valence-electron chi connectivity index (χ4n) is 4.41. The van der Waals surface area contributed by atoms with Gasteiger partial charge in [0.05, 0.1) is 18.7 Å². The summed E-state index contributed by atoms with van der Waals surface area (Å²) < 4.78 is 51.5. The molecule has 38 heavy (non-hydrogen) atoms. The van der Waals surface area contributed by atoms with Gasteiger partial charge in [0.25, 0.3) is 5.91 Å². The average Bonchev–Trinajstić information content (AvgIpc) is 3.13. The summed E-state index contributed by atoms with van der Waals surface area (Å²) in [6.45, 7) is 8.48. The van der Waals surface area contributed by atoms with Crippen LogP contribution >= 0.6 is 0 Å². The van der Waals surface area contributed by atoms with E-state index in [-0.39, 0.29) is 6.61 Å². The number of amides is 2. The van der Waals surface area contributed by atoms with Crippen LogP contribution in [0.2, 0.25) is 0 Å². The molecule has 0 radical (unpaired) electrons. The number of anilines is 1. The van der Waals surface area contributed by atoms with Gasteiger partial charge in [0.2, 0.25) is 0 Å². The smallest absolute Gasteiger partial charge is 0.416 e. The van der Waals surface area contributed by atoms with Crippen LogP contribution in [0.1, 0.15) is 53.2 Å². The molecule has 0 bridgehead atoms. The molecule has 1 aromatic heterocycles. The van der Waals surface area contributed by atoms with Gasteiger partial charge in [0.1, 0.15) is 29.9 Å². The number of ether oxygens (including phenoxy) is 2. The minimum Gasteiger partial charge on any atom is -0.443 e. The fourth-order valence-corrected chi connectivity index (χ4v) is 4.41. The van der Waals surface area contributed by atoms with Gasteiger partial charge in [0.15, 0.2) is 0 Å². The zero-order valence-electron chi connectivity index (χ0n) is 22.3. The summed E-state index contributed by atoms with van der Waals surface area (Å²) in [4.78, 5) is 31.2. The topological polar surface area (TPSA) is 92.2 Å². The molecule has 1 fully saturated rings. The van der Waals surface area contributed by atoms with Gasteiger partial charge in [-0.2, -0.15) is 8.78 Å². The highest BCUT2D eigenvalue weighted by atomic mass is 19.3. The van der Waals surface area contributed by atoms with Crippen molar-refractivity contribution < 1.29 is 37.3 Å². The number of hydrogen-bond acceptors (Lipinski definition) is 6. The minimum atomic E-state index is -3.27. The molecule has 0 aliphatic carbocycles. The first-order valence-corrected chi connectivity index (χ1v) is 12.2. The molecule has 1 saturated heterocycles. The van der Waals surface area contributed by atoms with Crippen molar-refractivity contribution in [3.05, 3.63) is 48.2 Å². The van der Waals surface area contributed by atoms with Gasteiger partial charge in [-0.1, -0.05) is 24.3 Å². The molecule has 1 unspecified atom stereocenters. The van der Waals surface area contributed by atoms with Crippen LogP contribution in [0.5, 0.6) is 0 Å². The van der Waals surface area contributed by atoms with Crippen molar-refractivity contribution in [2.75, 3.05) is 18.2 Å². The second-order valence-electron chi connectivity index (χ2n) is 10.6. The molecule has 2 aromatic rings. The van der Waals surface area contributed by atoms with E-state index in [9.17, 15) is 27.9 Å². The molecule has 8 nitrogen and oxygen atoms in total. The second-order valence-corrected chi connectivity index (χ2v) is 10.6. The number of halogens is 3. The highest BCUT2D eigenvalue weighted by Gasteiger charge is 2.52. The molecule has 1 N–H and O–H groups in total. The average molecular weight is 538 g/mol. The van der Waals surface area contributed by atoms with E-state index in [1.54, 1.807) is 70.3 Å². The van der Waals surface area contributed by atoms with Gasteiger partial charge in [0, 0.05) is 11.8 Å². The maximum absolute atomic E-state index is 13.9. The summed E-state index contributed by atoms with van der Waals surface area (Å²) in [7, 11) is 0. The summed E-state index contributed by atoms with van der Waals surface area (Å²) in [6.07, 6.45) is -3.26. The molecule has 0 spiro atoms. The Labute approximate surface area is 220 Å². The van der Waals surface area contributed by atoms with Crippen molar-refractivity contribution in [3.8, 4) is 11.1 Å². The van der Waals surface area contributed by atoms with Gasteiger partial charge in [-0.3, -0.25) is 9.69 Å². The molecule has 208 valence electrons. The lowest BCUT2D eigenvalue weighted by Crippen LogP contribution is -2.51. The van der Waals surface area contributed by atoms with Crippen LogP contribution in [0.15, 0.2) is 42.6 Å². The van der Waals surface area contributed by atoms with Crippen molar-refractivity contribution in [2.24, 2.45) is 0 Å². The predicted molar refractivity (Wildman–Crippen MR) is 135 cm³/mol. The van der Waals surface area contributed by atoms with Gasteiger partial charge >= 0.3 is 12.5 Å². The van der Waals surface area contributed by atoms with E-state index in [0.717, 1.165) is 10.5 Å². The van der Waals surface area contributed by atoms with Crippen LogP contribution in [0.25, 0.3) is 11.1 Å². The third kappa shape index (κ3) is 6.27. The summed E-state index contributed by atoms with van der Waals surface area (Å²) in [6, 6.07) is 8.49. The Kier molecular flexibility index (Phi) is 8.72. The molecule has 1 aromatic carbocycles. The fraction of sp³-hybridized carbons (Fsp3) is 0.519. The van der Waals surface area contributed by atoms with Gasteiger partial charge in [-0.25, -0.2) is 14.2 Å². The van der Waals surface area contributed by atoms with Crippen molar-refractivity contribution >= 4 is 17.8 Å². The molecule has 2 amide bonds. The van der Waals surface area contributed by atoms with E-state index < -0.39 is 54.6 Å². The Morgan fingerprint density at radius 3 is 2.24 bits per heavy atom. The summed E-state index contributed by atoms with van der Waals surface area (Å²) in [5.74, 6) is -1.17. The molecule has 2 heterocycles. The molecular weight excluding hydrogens is 503 g/mol. The number of aromatic nitrogens is 1. The van der Waals surface area contributed by atoms with Crippen LogP contribution in [0.4, 0.5) is 23.8 Å². The number of rotatable bonds is 7. The van der Waals surface area contributed by atoms with E-state index in [1.807, 2.05) is 0 Å². The van der Waals surface area contributed by atoms with E-state index in [2.05, 4.69) is 4.98 Å². The highest BCUT2D eigenvalue weighted by molar-refractivity contribution is 5.87. The Hall–Kier alpha value is -3.18. The molecule has 1 aliphatic rings. The van der Waals surface area contributed by atoms with Gasteiger partial charge in [-0.15, -0.1) is 0 Å². The van der Waals surface area contributed by atoms with Gasteiger partial charge < -0.3 is 19.5 Å². The Bertz CT molecular complexity index is 1120. The summed E-state index contributed by atoms with van der Waals surface area (Å²) in [5, 5.41) is 9.64. The zero-order valence-corrected chi connectivity index (χ0v) is 22.3. The lowest BCUT2D eigenvalue weighted by molar-refractivity contribution is -0.159. The van der Waals surface area contributed by atoms with Crippen LogP contribution in [0, 0.1) is 0 Å². The third-order valence-electron chi connectivity index (χ3n) is 6.12. The highest BCUT2D eigenvalue weighted by Crippen LogP contribution is 2.42. The first-order valence-electron chi connectivity index (χ1n) is 12.2. The molecular formula is C27H34F3N3O5. The number of aliphatic hydroxyl groups excluding tert-OH is 1. The maximum Gasteiger partial charge on any atom is 0.416 e. The number of aliphatic hydroxyl groups is 1. The third-order valence-corrected chi connectivity index (χ3v) is 6.12. The molecule has 11 heteroatoms. The number of pyridine rings is 1. The summed E-state index contributed by atoms with van der Waals surface area (Å²) >= 11 is 0. The normalized spacial score (nSPS) is 19.9. The molecule has 3 rings (SSSR count). The summed E-state index contributed by atoms with van der Waals surface area (Å²) in [5.41, 5.74) is -0.132. The SMILES string of the molecule is CC(CO)N(C(=O)OC(C)(C)C)c1ccc(-c2ccc([C@H]3OC(C)(C)N(C(=O)C(F)F)[C@@H]3CF)cc2)cn1. The van der Waals surface area contributed by atoms with Crippen molar-refractivity contribution in [1.29, 1.82) is 0 Å². The predicted octanol–water partition coefficient (Wildman–Crippen LogP) is 5.11. The molecule has 1 aliphatic heterocycles. The zero-order chi connectivity index (χ0) is 28.4. The quantitative estimate of drug-likeness (QED) is 0.528. The van der Waals surface area contributed by atoms with Crippen LogP contribution in [0.3, 0.4) is 0 Å². The molecule has 0 saturated carbocycles. The monoisotopic (exact) mass is 537 g/mol. The first-order chi connectivity index (χ1) is 17.7. The minimum absolute atomic E-state index is 0.287. The van der Waals surface area contributed by atoms with E-state index >= 15 is 0 Å². The standard InChI is InChI=1S/C27H34F3N3O5/c1-16(15-34)32(25(36)38-26(2,3)4)21-12-11-19(14-31-21)17-7-9-18(10-8-17)22-20(13-28)33(24(35)23(29)30)27(5,6)37-22/h7-12,14,16,20,22-23,34H,13,15H2,1-6H3/t16?,20-,22-/m1/s1. The lowest BCUT2D eigenvalue weighted by atomic mass is 9.99. The molecule has 3 atom stereocenters. The Morgan fingerprint density at radius 1 is 1.16 bits per heavy atom. The van der Waals surface area contributed by atoms with Gasteiger partial charge in [-0.05, 0) is 64.8 Å². The number of benzene rings is 1. The first kappa shape index (κ1) is 29.4. The lowest BCUT2D eigenvalue weighted by Gasteiger charge is -2.32. The Morgan fingerprint density at radius 2 is 1.76 bits per heavy atom. The number of alkyl halides is 3. The number of carbonyl (C=O) groups is 2.